The number of para-hydroxylation sites is 2. The fraction of sp³-hybridized carbons (Fsp3) is 0. The van der Waals surface area contributed by atoms with Gasteiger partial charge in [-0.3, -0.25) is 0 Å². The molecule has 2 heterocycles. The molecule has 7 aromatic rings. The van der Waals surface area contributed by atoms with Crippen molar-refractivity contribution in [2.24, 2.45) is 0 Å². The van der Waals surface area contributed by atoms with Crippen molar-refractivity contribution in [3.63, 3.8) is 0 Å². The molecule has 0 saturated carbocycles. The van der Waals surface area contributed by atoms with Crippen LogP contribution in [-0.4, -0.2) is 9.55 Å². The SMILES string of the molecule is c1ccc2c(c1)ccc1c2c2ccccc2n1-c1ccc2[nH]c3ccccc3c2c1. The van der Waals surface area contributed by atoms with Crippen LogP contribution in [0.3, 0.4) is 0 Å². The van der Waals surface area contributed by atoms with Crippen LogP contribution in [0.4, 0.5) is 0 Å². The molecule has 0 unspecified atom stereocenters. The van der Waals surface area contributed by atoms with E-state index in [2.05, 4.69) is 113 Å². The first-order valence-corrected chi connectivity index (χ1v) is 10.3. The highest BCUT2D eigenvalue weighted by atomic mass is 15.0. The highest BCUT2D eigenvalue weighted by molar-refractivity contribution is 6.21. The average Bonchev–Trinajstić information content (AvgIpc) is 3.34. The Labute approximate surface area is 173 Å². The summed E-state index contributed by atoms with van der Waals surface area (Å²) in [5, 5.41) is 7.72. The number of H-pyrrole nitrogens is 1. The van der Waals surface area contributed by atoms with Crippen molar-refractivity contribution in [3.05, 3.63) is 103 Å². The lowest BCUT2D eigenvalue weighted by molar-refractivity contribution is 1.19. The van der Waals surface area contributed by atoms with Crippen molar-refractivity contribution in [1.82, 2.24) is 9.55 Å². The van der Waals surface area contributed by atoms with Crippen molar-refractivity contribution in [2.45, 2.75) is 0 Å². The Balaban J connectivity index is 1.65. The summed E-state index contributed by atoms with van der Waals surface area (Å²) < 4.78 is 2.40. The summed E-state index contributed by atoms with van der Waals surface area (Å²) in [4.78, 5) is 3.54. The predicted molar refractivity (Wildman–Crippen MR) is 128 cm³/mol. The summed E-state index contributed by atoms with van der Waals surface area (Å²) in [6, 6.07) is 37.1. The van der Waals surface area contributed by atoms with Gasteiger partial charge in [-0.2, -0.15) is 0 Å². The largest absolute Gasteiger partial charge is 0.355 e. The van der Waals surface area contributed by atoms with Gasteiger partial charge < -0.3 is 9.55 Å². The zero-order valence-corrected chi connectivity index (χ0v) is 16.3. The molecule has 0 saturated heterocycles. The van der Waals surface area contributed by atoms with Crippen molar-refractivity contribution in [1.29, 1.82) is 0 Å². The molecule has 0 radical (unpaired) electrons. The molecule has 0 aliphatic heterocycles. The molecule has 0 aliphatic rings. The summed E-state index contributed by atoms with van der Waals surface area (Å²) >= 11 is 0. The molecule has 30 heavy (non-hydrogen) atoms. The van der Waals surface area contributed by atoms with Gasteiger partial charge in [0.05, 0.1) is 11.0 Å². The second-order valence-corrected chi connectivity index (χ2v) is 7.93. The molecule has 2 aromatic heterocycles. The van der Waals surface area contributed by atoms with Crippen LogP contribution in [0, 0.1) is 0 Å². The fourth-order valence-corrected chi connectivity index (χ4v) is 4.99. The molecule has 0 atom stereocenters. The van der Waals surface area contributed by atoms with E-state index in [1.807, 2.05) is 0 Å². The highest BCUT2D eigenvalue weighted by Gasteiger charge is 2.15. The molecular formula is C28H18N2. The van der Waals surface area contributed by atoms with Gasteiger partial charge in [-0.25, -0.2) is 0 Å². The van der Waals surface area contributed by atoms with Crippen LogP contribution >= 0.6 is 0 Å². The maximum Gasteiger partial charge on any atom is 0.0547 e. The minimum Gasteiger partial charge on any atom is -0.355 e. The second kappa shape index (κ2) is 5.74. The van der Waals surface area contributed by atoms with Crippen LogP contribution in [0.15, 0.2) is 103 Å². The Kier molecular flexibility index (Phi) is 3.03. The first-order chi connectivity index (χ1) is 14.9. The van der Waals surface area contributed by atoms with E-state index < -0.39 is 0 Å². The molecule has 0 amide bonds. The second-order valence-electron chi connectivity index (χ2n) is 7.93. The van der Waals surface area contributed by atoms with Crippen molar-refractivity contribution in [3.8, 4) is 5.69 Å². The number of nitrogens with zero attached hydrogens (tertiary/aromatic N) is 1. The number of nitrogens with one attached hydrogen (secondary N) is 1. The maximum absolute atomic E-state index is 3.54. The molecule has 0 fully saturated rings. The van der Waals surface area contributed by atoms with Crippen molar-refractivity contribution in [2.75, 3.05) is 0 Å². The summed E-state index contributed by atoms with van der Waals surface area (Å²) in [6.07, 6.45) is 0. The molecule has 0 spiro atoms. The van der Waals surface area contributed by atoms with Gasteiger partial charge in [-0.05, 0) is 47.2 Å². The number of aromatic nitrogens is 2. The zero-order chi connectivity index (χ0) is 19.7. The van der Waals surface area contributed by atoms with E-state index in [1.54, 1.807) is 0 Å². The molecular weight excluding hydrogens is 364 g/mol. The third-order valence-electron chi connectivity index (χ3n) is 6.31. The van der Waals surface area contributed by atoms with Gasteiger partial charge in [0.25, 0.3) is 0 Å². The topological polar surface area (TPSA) is 20.7 Å². The van der Waals surface area contributed by atoms with Crippen molar-refractivity contribution >= 4 is 54.4 Å². The number of hydrogen-bond donors (Lipinski definition) is 1. The van der Waals surface area contributed by atoms with Crippen LogP contribution in [0.2, 0.25) is 0 Å². The smallest absolute Gasteiger partial charge is 0.0547 e. The number of benzene rings is 5. The third-order valence-corrected chi connectivity index (χ3v) is 6.31. The molecule has 0 aliphatic carbocycles. The van der Waals surface area contributed by atoms with Gasteiger partial charge in [-0.15, -0.1) is 0 Å². The summed E-state index contributed by atoms with van der Waals surface area (Å²) in [6.45, 7) is 0. The fourth-order valence-electron chi connectivity index (χ4n) is 4.99. The molecule has 0 bridgehead atoms. The van der Waals surface area contributed by atoms with Gasteiger partial charge in [0, 0.05) is 38.3 Å². The van der Waals surface area contributed by atoms with Crippen molar-refractivity contribution < 1.29 is 0 Å². The minimum atomic E-state index is 1.17. The first kappa shape index (κ1) is 15.8. The lowest BCUT2D eigenvalue weighted by Gasteiger charge is -2.09. The maximum atomic E-state index is 3.54. The number of hydrogen-bond acceptors (Lipinski definition) is 0. The van der Waals surface area contributed by atoms with E-state index in [1.165, 1.54) is 60.1 Å². The number of aromatic amines is 1. The molecule has 7 rings (SSSR count). The molecule has 2 nitrogen and oxygen atoms in total. The summed E-state index contributed by atoms with van der Waals surface area (Å²) in [5.41, 5.74) is 6.02. The predicted octanol–water partition coefficient (Wildman–Crippen LogP) is 7.57. The van der Waals surface area contributed by atoms with Crippen LogP contribution in [-0.2, 0) is 0 Å². The normalized spacial score (nSPS) is 12.0. The highest BCUT2D eigenvalue weighted by Crippen LogP contribution is 2.37. The summed E-state index contributed by atoms with van der Waals surface area (Å²) in [5.74, 6) is 0. The van der Waals surface area contributed by atoms with Gasteiger partial charge >= 0.3 is 0 Å². The quantitative estimate of drug-likeness (QED) is 0.302. The average molecular weight is 382 g/mol. The van der Waals surface area contributed by atoms with Gasteiger partial charge in [0.1, 0.15) is 0 Å². The Bertz CT molecular complexity index is 1750. The standard InChI is InChI=1S/C28H18N2/c1-2-8-20-18(7-1)13-16-27-28(20)22-10-4-6-12-26(22)30(27)19-14-15-25-23(17-19)21-9-3-5-11-24(21)29-25/h1-17,29H. The van der Waals surface area contributed by atoms with Crippen LogP contribution in [0.5, 0.6) is 0 Å². The third kappa shape index (κ3) is 2.03. The monoisotopic (exact) mass is 382 g/mol. The van der Waals surface area contributed by atoms with E-state index in [9.17, 15) is 0 Å². The van der Waals surface area contributed by atoms with E-state index >= 15 is 0 Å². The molecule has 5 aromatic carbocycles. The van der Waals surface area contributed by atoms with E-state index in [4.69, 9.17) is 0 Å². The van der Waals surface area contributed by atoms with Crippen LogP contribution < -0.4 is 0 Å². The Morgan fingerprint density at radius 2 is 1.23 bits per heavy atom. The Morgan fingerprint density at radius 1 is 0.500 bits per heavy atom. The van der Waals surface area contributed by atoms with Gasteiger partial charge in [0.15, 0.2) is 0 Å². The zero-order valence-electron chi connectivity index (χ0n) is 16.3. The Morgan fingerprint density at radius 3 is 2.17 bits per heavy atom. The van der Waals surface area contributed by atoms with Gasteiger partial charge in [-0.1, -0.05) is 66.7 Å². The number of fused-ring (bicyclic) bond motifs is 8. The van der Waals surface area contributed by atoms with E-state index in [0.29, 0.717) is 0 Å². The Hall–Kier alpha value is -4.04. The van der Waals surface area contributed by atoms with Crippen LogP contribution in [0.25, 0.3) is 60.1 Å². The first-order valence-electron chi connectivity index (χ1n) is 10.3. The number of rotatable bonds is 1. The lowest BCUT2D eigenvalue weighted by atomic mass is 10.0. The van der Waals surface area contributed by atoms with Gasteiger partial charge in [0.2, 0.25) is 0 Å². The molecule has 140 valence electrons. The summed E-state index contributed by atoms with van der Waals surface area (Å²) in [7, 11) is 0. The van der Waals surface area contributed by atoms with Crippen LogP contribution in [0.1, 0.15) is 0 Å². The van der Waals surface area contributed by atoms with E-state index in [0.717, 1.165) is 0 Å². The molecule has 1 N–H and O–H groups in total. The minimum absolute atomic E-state index is 1.17. The molecule has 2 heteroatoms. The lowest BCUT2D eigenvalue weighted by Crippen LogP contribution is -1.93. The van der Waals surface area contributed by atoms with E-state index in [-0.39, 0.29) is 0 Å².